The summed E-state index contributed by atoms with van der Waals surface area (Å²) in [6.07, 6.45) is 0. The van der Waals surface area contributed by atoms with Crippen LogP contribution in [0.5, 0.6) is 0 Å². The van der Waals surface area contributed by atoms with E-state index in [1.54, 1.807) is 20.8 Å². The quantitative estimate of drug-likeness (QED) is 0.286. The molecule has 2 amide bonds. The van der Waals surface area contributed by atoms with E-state index in [1.807, 2.05) is 0 Å². The van der Waals surface area contributed by atoms with Gasteiger partial charge in [-0.15, -0.1) is 11.3 Å². The number of nitrogens with two attached hydrogens (primary N) is 1. The zero-order valence-corrected chi connectivity index (χ0v) is 14.7. The summed E-state index contributed by atoms with van der Waals surface area (Å²) in [5.74, 6) is -2.87. The Bertz CT molecular complexity index is 681. The van der Waals surface area contributed by atoms with E-state index >= 15 is 0 Å². The summed E-state index contributed by atoms with van der Waals surface area (Å²) in [5, 5.41) is 26.0. The number of hydrogen-bond donors (Lipinski definition) is 4. The van der Waals surface area contributed by atoms with Crippen LogP contribution in [-0.4, -0.2) is 62.5 Å². The van der Waals surface area contributed by atoms with Crippen LogP contribution in [0.3, 0.4) is 0 Å². The number of thiazole rings is 1. The van der Waals surface area contributed by atoms with Gasteiger partial charge in [0.25, 0.3) is 11.8 Å². The van der Waals surface area contributed by atoms with Crippen molar-refractivity contribution in [3.63, 3.8) is 0 Å². The third kappa shape index (κ3) is 6.35. The lowest BCUT2D eigenvalue weighted by Gasteiger charge is -2.29. The van der Waals surface area contributed by atoms with Crippen molar-refractivity contribution in [2.24, 2.45) is 5.16 Å². The molecule has 0 aliphatic carbocycles. The van der Waals surface area contributed by atoms with Crippen molar-refractivity contribution in [2.75, 3.05) is 18.9 Å². The first-order valence-corrected chi connectivity index (χ1v) is 7.83. The molecule has 12 heteroatoms. The molecule has 25 heavy (non-hydrogen) atoms. The molecule has 0 spiro atoms. The third-order valence-electron chi connectivity index (χ3n) is 2.60. The third-order valence-corrected chi connectivity index (χ3v) is 3.27. The molecule has 0 radical (unpaired) electrons. The van der Waals surface area contributed by atoms with Crippen molar-refractivity contribution in [1.29, 1.82) is 0 Å². The van der Waals surface area contributed by atoms with E-state index in [4.69, 9.17) is 10.8 Å². The molecule has 0 atom stereocenters. The number of nitrogen functional groups attached to an aromatic ring is 1. The van der Waals surface area contributed by atoms with Crippen LogP contribution < -0.4 is 11.1 Å². The summed E-state index contributed by atoms with van der Waals surface area (Å²) in [6, 6.07) is 0. The Morgan fingerprint density at radius 2 is 2.08 bits per heavy atom. The SMILES string of the molecule is CC(C)(C)N(O)C(=O)CNC(=O)/C(=N\OCC(=O)O)c1csc(N)n1. The van der Waals surface area contributed by atoms with E-state index in [1.165, 1.54) is 5.38 Å². The van der Waals surface area contributed by atoms with Crippen LogP contribution in [0.25, 0.3) is 0 Å². The van der Waals surface area contributed by atoms with Crippen LogP contribution in [-0.2, 0) is 19.2 Å². The molecule has 1 heterocycles. The standard InChI is InChI=1S/C13H19N5O6S/c1-13(2,3)18(23)8(19)4-15-11(22)10(17-24-5-9(20)21)7-6-25-12(14)16-7/h6,23H,4-5H2,1-3H3,(H2,14,16)(H,15,22)(H,20,21)/b17-10-. The summed E-state index contributed by atoms with van der Waals surface area (Å²) in [6.45, 7) is 3.56. The minimum absolute atomic E-state index is 0.0644. The molecule has 0 saturated carbocycles. The Balaban J connectivity index is 2.83. The maximum absolute atomic E-state index is 12.2. The Kier molecular flexibility index (Phi) is 6.82. The number of hydroxylamine groups is 2. The molecular formula is C13H19N5O6S. The van der Waals surface area contributed by atoms with E-state index in [9.17, 15) is 19.6 Å². The van der Waals surface area contributed by atoms with Gasteiger partial charge in [0.15, 0.2) is 10.8 Å². The predicted molar refractivity (Wildman–Crippen MR) is 88.0 cm³/mol. The van der Waals surface area contributed by atoms with Gasteiger partial charge in [-0.25, -0.2) is 14.8 Å². The molecule has 0 aliphatic rings. The lowest BCUT2D eigenvalue weighted by atomic mass is 10.1. The van der Waals surface area contributed by atoms with E-state index < -0.39 is 36.5 Å². The summed E-state index contributed by atoms with van der Waals surface area (Å²) in [4.78, 5) is 42.9. The fourth-order valence-electron chi connectivity index (χ4n) is 1.44. The van der Waals surface area contributed by atoms with Crippen LogP contribution in [0.15, 0.2) is 10.5 Å². The van der Waals surface area contributed by atoms with Gasteiger partial charge in [0.05, 0.1) is 12.1 Å². The van der Waals surface area contributed by atoms with Crippen LogP contribution in [0, 0.1) is 0 Å². The van der Waals surface area contributed by atoms with Crippen molar-refractivity contribution in [3.8, 4) is 0 Å². The number of oxime groups is 1. The number of carbonyl (C=O) groups excluding carboxylic acids is 2. The highest BCUT2D eigenvalue weighted by Gasteiger charge is 2.26. The highest BCUT2D eigenvalue weighted by atomic mass is 32.1. The fraction of sp³-hybridized carbons (Fsp3) is 0.462. The molecule has 138 valence electrons. The number of aliphatic carboxylic acids is 1. The van der Waals surface area contributed by atoms with Gasteiger partial charge in [0.2, 0.25) is 6.61 Å². The van der Waals surface area contributed by atoms with Gasteiger partial charge in [0.1, 0.15) is 5.69 Å². The van der Waals surface area contributed by atoms with Crippen LogP contribution >= 0.6 is 11.3 Å². The maximum Gasteiger partial charge on any atom is 0.344 e. The minimum Gasteiger partial charge on any atom is -0.479 e. The van der Waals surface area contributed by atoms with Gasteiger partial charge in [-0.3, -0.25) is 14.8 Å². The number of nitrogens with one attached hydrogen (secondary N) is 1. The molecule has 1 aromatic rings. The zero-order chi connectivity index (χ0) is 19.2. The van der Waals surface area contributed by atoms with Crippen molar-refractivity contribution in [2.45, 2.75) is 26.3 Å². The number of carboxylic acids is 1. The number of hydrogen-bond acceptors (Lipinski definition) is 9. The first-order valence-electron chi connectivity index (χ1n) is 6.95. The van der Waals surface area contributed by atoms with E-state index in [0.29, 0.717) is 5.06 Å². The maximum atomic E-state index is 12.2. The molecule has 11 nitrogen and oxygen atoms in total. The molecule has 0 saturated heterocycles. The molecule has 1 rings (SSSR count). The number of carboxylic acid groups (broad SMARTS) is 1. The highest BCUT2D eigenvalue weighted by molar-refractivity contribution is 7.13. The second-order valence-electron chi connectivity index (χ2n) is 5.74. The van der Waals surface area contributed by atoms with Gasteiger partial charge >= 0.3 is 5.97 Å². The second-order valence-corrected chi connectivity index (χ2v) is 6.63. The fourth-order valence-corrected chi connectivity index (χ4v) is 1.99. The summed E-state index contributed by atoms with van der Waals surface area (Å²) >= 11 is 1.04. The summed E-state index contributed by atoms with van der Waals surface area (Å²) in [7, 11) is 0. The molecule has 0 bridgehead atoms. The predicted octanol–water partition coefficient (Wildman–Crippen LogP) is -0.337. The van der Waals surface area contributed by atoms with Crippen molar-refractivity contribution in [3.05, 3.63) is 11.1 Å². The molecule has 0 aliphatic heterocycles. The smallest absolute Gasteiger partial charge is 0.344 e. The van der Waals surface area contributed by atoms with E-state index in [2.05, 4.69) is 20.3 Å². The number of nitrogens with zero attached hydrogens (tertiary/aromatic N) is 3. The Morgan fingerprint density at radius 1 is 1.44 bits per heavy atom. The van der Waals surface area contributed by atoms with E-state index in [0.717, 1.165) is 11.3 Å². The Labute approximate surface area is 147 Å². The first kappa shape index (κ1) is 20.3. The largest absolute Gasteiger partial charge is 0.479 e. The van der Waals surface area contributed by atoms with E-state index in [-0.39, 0.29) is 16.5 Å². The Morgan fingerprint density at radius 3 is 2.56 bits per heavy atom. The van der Waals surface area contributed by atoms with Crippen molar-refractivity contribution >= 4 is 40.0 Å². The number of anilines is 1. The molecule has 0 aromatic carbocycles. The van der Waals surface area contributed by atoms with Gasteiger partial charge in [-0.1, -0.05) is 5.16 Å². The minimum atomic E-state index is -1.28. The zero-order valence-electron chi connectivity index (χ0n) is 13.8. The molecular weight excluding hydrogens is 354 g/mol. The molecule has 0 unspecified atom stereocenters. The number of amides is 2. The normalized spacial score (nSPS) is 11.8. The second kappa shape index (κ2) is 8.39. The van der Waals surface area contributed by atoms with Crippen LogP contribution in [0.1, 0.15) is 26.5 Å². The first-order chi connectivity index (χ1) is 11.5. The van der Waals surface area contributed by atoms with Crippen LogP contribution in [0.2, 0.25) is 0 Å². The summed E-state index contributed by atoms with van der Waals surface area (Å²) < 4.78 is 0. The molecule has 0 fully saturated rings. The van der Waals surface area contributed by atoms with Gasteiger partial charge in [-0.2, -0.15) is 0 Å². The lowest BCUT2D eigenvalue weighted by molar-refractivity contribution is -0.185. The van der Waals surface area contributed by atoms with Gasteiger partial charge < -0.3 is 21.0 Å². The number of rotatable bonds is 7. The van der Waals surface area contributed by atoms with Crippen LogP contribution in [0.4, 0.5) is 5.13 Å². The Hall–Kier alpha value is -2.73. The molecule has 1 aromatic heterocycles. The molecule has 5 N–H and O–H groups in total. The van der Waals surface area contributed by atoms with Gasteiger partial charge in [-0.05, 0) is 20.8 Å². The monoisotopic (exact) mass is 373 g/mol. The highest BCUT2D eigenvalue weighted by Crippen LogP contribution is 2.13. The number of aromatic nitrogens is 1. The van der Waals surface area contributed by atoms with Gasteiger partial charge in [0, 0.05) is 5.38 Å². The van der Waals surface area contributed by atoms with Crippen molar-refractivity contribution in [1.82, 2.24) is 15.4 Å². The lowest BCUT2D eigenvalue weighted by Crippen LogP contribution is -2.48. The summed E-state index contributed by atoms with van der Waals surface area (Å²) in [5.41, 5.74) is 4.37. The van der Waals surface area contributed by atoms with Crippen molar-refractivity contribution < 1.29 is 29.5 Å². The topological polar surface area (TPSA) is 167 Å². The number of carbonyl (C=O) groups is 3. The average Bonchev–Trinajstić information content (AvgIpc) is 2.93. The average molecular weight is 373 g/mol.